The molecule has 5 heteroatoms. The predicted octanol–water partition coefficient (Wildman–Crippen LogP) is 2.25. The Hall–Kier alpha value is -1.85. The number of benzene rings is 1. The Morgan fingerprint density at radius 3 is 2.80 bits per heavy atom. The van der Waals surface area contributed by atoms with Crippen LogP contribution in [0.15, 0.2) is 30.5 Å². The van der Waals surface area contributed by atoms with Crippen LogP contribution in [0.3, 0.4) is 0 Å². The SMILES string of the molecule is CN1CCc2cc(CN3CCC(c4ccnn4CCO)CC3)ccc21. The van der Waals surface area contributed by atoms with Gasteiger partial charge in [-0.15, -0.1) is 0 Å². The second-order valence-electron chi connectivity index (χ2n) is 7.39. The lowest BCUT2D eigenvalue weighted by atomic mass is 9.93. The van der Waals surface area contributed by atoms with Crippen molar-refractivity contribution in [2.24, 2.45) is 0 Å². The average Bonchev–Trinajstić information content (AvgIpc) is 3.23. The van der Waals surface area contributed by atoms with Gasteiger partial charge in [-0.2, -0.15) is 5.10 Å². The van der Waals surface area contributed by atoms with Crippen LogP contribution in [0.4, 0.5) is 5.69 Å². The van der Waals surface area contributed by atoms with E-state index in [1.165, 1.54) is 41.8 Å². The zero-order valence-electron chi connectivity index (χ0n) is 15.1. The van der Waals surface area contributed by atoms with E-state index in [9.17, 15) is 5.11 Å². The minimum atomic E-state index is 0.154. The minimum absolute atomic E-state index is 0.154. The highest BCUT2D eigenvalue weighted by Gasteiger charge is 2.23. The molecule has 0 saturated carbocycles. The van der Waals surface area contributed by atoms with E-state index in [0.29, 0.717) is 12.5 Å². The van der Waals surface area contributed by atoms with E-state index in [1.807, 2.05) is 10.9 Å². The number of nitrogens with zero attached hydrogens (tertiary/aromatic N) is 4. The summed E-state index contributed by atoms with van der Waals surface area (Å²) in [4.78, 5) is 4.92. The molecule has 4 rings (SSSR count). The summed E-state index contributed by atoms with van der Waals surface area (Å²) in [7, 11) is 2.18. The fourth-order valence-corrected chi connectivity index (χ4v) is 4.33. The smallest absolute Gasteiger partial charge is 0.0644 e. The maximum Gasteiger partial charge on any atom is 0.0644 e. The van der Waals surface area contributed by atoms with Crippen molar-refractivity contribution in [1.29, 1.82) is 0 Å². The molecule has 134 valence electrons. The van der Waals surface area contributed by atoms with E-state index in [1.54, 1.807) is 0 Å². The highest BCUT2D eigenvalue weighted by molar-refractivity contribution is 5.58. The van der Waals surface area contributed by atoms with Crippen molar-refractivity contribution in [3.05, 3.63) is 47.3 Å². The number of hydrogen-bond acceptors (Lipinski definition) is 4. The Morgan fingerprint density at radius 1 is 1.16 bits per heavy atom. The van der Waals surface area contributed by atoms with Crippen molar-refractivity contribution >= 4 is 5.69 Å². The van der Waals surface area contributed by atoms with Crippen LogP contribution in [-0.4, -0.2) is 53.1 Å². The zero-order valence-corrected chi connectivity index (χ0v) is 15.1. The van der Waals surface area contributed by atoms with E-state index < -0.39 is 0 Å². The summed E-state index contributed by atoms with van der Waals surface area (Å²) in [6.45, 7) is 5.22. The van der Waals surface area contributed by atoms with Gasteiger partial charge in [0.1, 0.15) is 0 Å². The Bertz CT molecular complexity index is 718. The standard InChI is InChI=1S/C20H28N4O/c1-22-9-5-18-14-16(2-3-19(18)22)15-23-10-6-17(7-11-23)20-4-8-21-24(20)12-13-25/h2-4,8,14,17,25H,5-7,9-13,15H2,1H3. The van der Waals surface area contributed by atoms with Gasteiger partial charge in [0.25, 0.3) is 0 Å². The number of aliphatic hydroxyl groups is 1. The molecule has 2 aromatic rings. The van der Waals surface area contributed by atoms with E-state index in [2.05, 4.69) is 46.2 Å². The molecule has 2 aliphatic rings. The molecular formula is C20H28N4O. The molecule has 0 radical (unpaired) electrons. The van der Waals surface area contributed by atoms with Crippen LogP contribution in [0.1, 0.15) is 35.6 Å². The highest BCUT2D eigenvalue weighted by Crippen LogP contribution is 2.30. The number of likely N-dealkylation sites (N-methyl/N-ethyl adjacent to an activating group) is 1. The number of rotatable bonds is 5. The molecule has 0 atom stereocenters. The van der Waals surface area contributed by atoms with E-state index in [4.69, 9.17) is 0 Å². The molecule has 1 N–H and O–H groups in total. The molecule has 1 saturated heterocycles. The fourth-order valence-electron chi connectivity index (χ4n) is 4.33. The lowest BCUT2D eigenvalue weighted by Crippen LogP contribution is -2.33. The summed E-state index contributed by atoms with van der Waals surface area (Å²) >= 11 is 0. The Kier molecular flexibility index (Phi) is 4.77. The molecular weight excluding hydrogens is 312 g/mol. The second kappa shape index (κ2) is 7.18. The molecule has 0 spiro atoms. The van der Waals surface area contributed by atoms with Gasteiger partial charge in [-0.3, -0.25) is 9.58 Å². The second-order valence-corrected chi connectivity index (χ2v) is 7.39. The molecule has 25 heavy (non-hydrogen) atoms. The van der Waals surface area contributed by atoms with Crippen LogP contribution in [0.5, 0.6) is 0 Å². The first-order valence-electron chi connectivity index (χ1n) is 9.42. The molecule has 0 aliphatic carbocycles. The van der Waals surface area contributed by atoms with Crippen molar-refractivity contribution in [2.45, 2.75) is 38.3 Å². The third-order valence-corrected chi connectivity index (χ3v) is 5.74. The number of fused-ring (bicyclic) bond motifs is 1. The number of hydrogen-bond donors (Lipinski definition) is 1. The van der Waals surface area contributed by atoms with Gasteiger partial charge < -0.3 is 10.0 Å². The first-order chi connectivity index (χ1) is 12.2. The monoisotopic (exact) mass is 340 g/mol. The quantitative estimate of drug-likeness (QED) is 0.907. The summed E-state index contributed by atoms with van der Waals surface area (Å²) in [6.07, 6.45) is 5.38. The Morgan fingerprint density at radius 2 is 2.00 bits per heavy atom. The molecule has 0 bridgehead atoms. The minimum Gasteiger partial charge on any atom is -0.394 e. The van der Waals surface area contributed by atoms with Crippen LogP contribution in [0.25, 0.3) is 0 Å². The lowest BCUT2D eigenvalue weighted by Gasteiger charge is -2.32. The van der Waals surface area contributed by atoms with Gasteiger partial charge in [-0.05, 0) is 55.6 Å². The normalized spacial score (nSPS) is 18.7. The number of aliphatic hydroxyl groups excluding tert-OH is 1. The van der Waals surface area contributed by atoms with Crippen molar-refractivity contribution in [3.63, 3.8) is 0 Å². The Balaban J connectivity index is 1.35. The van der Waals surface area contributed by atoms with Crippen molar-refractivity contribution < 1.29 is 5.11 Å². The van der Waals surface area contributed by atoms with Gasteiger partial charge in [0.2, 0.25) is 0 Å². The maximum absolute atomic E-state index is 9.18. The number of aromatic nitrogens is 2. The molecule has 1 fully saturated rings. The lowest BCUT2D eigenvalue weighted by molar-refractivity contribution is 0.199. The zero-order chi connectivity index (χ0) is 17.2. The molecule has 5 nitrogen and oxygen atoms in total. The number of piperidine rings is 1. The summed E-state index contributed by atoms with van der Waals surface area (Å²) in [5.41, 5.74) is 5.63. The van der Waals surface area contributed by atoms with Crippen LogP contribution >= 0.6 is 0 Å². The molecule has 0 unspecified atom stereocenters. The van der Waals surface area contributed by atoms with E-state index in [-0.39, 0.29) is 6.61 Å². The van der Waals surface area contributed by atoms with E-state index in [0.717, 1.165) is 26.2 Å². The third-order valence-electron chi connectivity index (χ3n) is 5.74. The first kappa shape index (κ1) is 16.6. The summed E-state index contributed by atoms with van der Waals surface area (Å²) in [5, 5.41) is 13.5. The van der Waals surface area contributed by atoms with Crippen LogP contribution < -0.4 is 4.90 Å². The molecule has 3 heterocycles. The Labute approximate surface area is 149 Å². The van der Waals surface area contributed by atoms with Gasteiger partial charge in [0.15, 0.2) is 0 Å². The van der Waals surface area contributed by atoms with Gasteiger partial charge in [0, 0.05) is 43.6 Å². The topological polar surface area (TPSA) is 44.5 Å². The van der Waals surface area contributed by atoms with Crippen molar-refractivity contribution in [2.75, 3.05) is 38.2 Å². The van der Waals surface area contributed by atoms with Gasteiger partial charge in [-0.25, -0.2) is 0 Å². The van der Waals surface area contributed by atoms with Crippen molar-refractivity contribution in [3.8, 4) is 0 Å². The number of likely N-dealkylation sites (tertiary alicyclic amines) is 1. The fraction of sp³-hybridized carbons (Fsp3) is 0.550. The number of anilines is 1. The molecule has 1 aromatic heterocycles. The van der Waals surface area contributed by atoms with Gasteiger partial charge in [0.05, 0.1) is 13.2 Å². The van der Waals surface area contributed by atoms with Gasteiger partial charge >= 0.3 is 0 Å². The van der Waals surface area contributed by atoms with Crippen LogP contribution in [-0.2, 0) is 19.5 Å². The first-order valence-corrected chi connectivity index (χ1v) is 9.42. The third kappa shape index (κ3) is 3.44. The summed E-state index contributed by atoms with van der Waals surface area (Å²) < 4.78 is 1.97. The van der Waals surface area contributed by atoms with Gasteiger partial charge in [-0.1, -0.05) is 12.1 Å². The van der Waals surface area contributed by atoms with Crippen LogP contribution in [0.2, 0.25) is 0 Å². The maximum atomic E-state index is 9.18. The van der Waals surface area contributed by atoms with Crippen molar-refractivity contribution in [1.82, 2.24) is 14.7 Å². The average molecular weight is 340 g/mol. The largest absolute Gasteiger partial charge is 0.394 e. The summed E-state index contributed by atoms with van der Waals surface area (Å²) in [5.74, 6) is 0.568. The predicted molar refractivity (Wildman–Crippen MR) is 100.0 cm³/mol. The molecule has 0 amide bonds. The molecule has 2 aliphatic heterocycles. The van der Waals surface area contributed by atoms with Crippen LogP contribution in [0, 0.1) is 0 Å². The highest BCUT2D eigenvalue weighted by atomic mass is 16.3. The van der Waals surface area contributed by atoms with E-state index >= 15 is 0 Å². The molecule has 1 aromatic carbocycles. The summed E-state index contributed by atoms with van der Waals surface area (Å²) in [6, 6.07) is 9.11.